The number of sulfonamides is 1. The molecular weight excluding hydrogens is 581 g/mol. The van der Waals surface area contributed by atoms with Crippen LogP contribution in [0.4, 0.5) is 10.5 Å². The number of nitrogens with one attached hydrogen (secondary N) is 2. The fourth-order valence-electron chi connectivity index (χ4n) is 5.04. The van der Waals surface area contributed by atoms with E-state index in [9.17, 15) is 26.4 Å². The summed E-state index contributed by atoms with van der Waals surface area (Å²) in [5, 5.41) is 7.34. The number of amides is 3. The van der Waals surface area contributed by atoms with Gasteiger partial charge in [0.15, 0.2) is 8.87 Å². The summed E-state index contributed by atoms with van der Waals surface area (Å²) in [7, 11) is -3.31. The Morgan fingerprint density at radius 2 is 1.77 bits per heavy atom. The minimum Gasteiger partial charge on any atom is -0.377 e. The Kier molecular flexibility index (Phi) is 9.29. The van der Waals surface area contributed by atoms with Crippen LogP contribution in [0.25, 0.3) is 10.8 Å². The first-order valence-electron chi connectivity index (χ1n) is 12.7. The molecule has 2 aromatic rings. The van der Waals surface area contributed by atoms with E-state index in [2.05, 4.69) is 10.6 Å². The van der Waals surface area contributed by atoms with Crippen LogP contribution in [-0.2, 0) is 23.7 Å². The first-order valence-corrected chi connectivity index (χ1v) is 18.5. The van der Waals surface area contributed by atoms with Crippen LogP contribution in [0.1, 0.15) is 25.7 Å². The van der Waals surface area contributed by atoms with Crippen molar-refractivity contribution in [3.63, 3.8) is 0 Å². The lowest BCUT2D eigenvalue weighted by Crippen LogP contribution is -2.39. The molecule has 2 heterocycles. The summed E-state index contributed by atoms with van der Waals surface area (Å²) in [6.07, 6.45) is 3.07. The van der Waals surface area contributed by atoms with E-state index in [-0.39, 0.29) is 47.0 Å². The molecule has 10 nitrogen and oxygen atoms in total. The molecule has 0 radical (unpaired) electrons. The van der Waals surface area contributed by atoms with Gasteiger partial charge in [0.25, 0.3) is 10.0 Å². The fourth-order valence-corrected chi connectivity index (χ4v) is 10.0. The van der Waals surface area contributed by atoms with Crippen LogP contribution < -0.4 is 15.5 Å². The van der Waals surface area contributed by atoms with Crippen LogP contribution in [0.2, 0.25) is 0 Å². The zero-order valence-electron chi connectivity index (χ0n) is 22.1. The van der Waals surface area contributed by atoms with Crippen molar-refractivity contribution in [2.75, 3.05) is 43.3 Å². The average molecular weight is 615 g/mol. The minimum atomic E-state index is -4.26. The highest BCUT2D eigenvalue weighted by Gasteiger charge is 2.42. The number of urea groups is 1. The molecule has 39 heavy (non-hydrogen) atoms. The Morgan fingerprint density at radius 3 is 2.49 bits per heavy atom. The number of benzene rings is 2. The molecule has 0 bridgehead atoms. The van der Waals surface area contributed by atoms with Crippen LogP contribution in [0, 0.1) is 0 Å². The van der Waals surface area contributed by atoms with Gasteiger partial charge in [-0.1, -0.05) is 30.7 Å². The fraction of sp³-hybridized carbons (Fsp3) is 0.520. The molecule has 3 amide bonds. The Hall–Kier alpha value is -2.16. The number of hydrogen-bond acceptors (Lipinski definition) is 9. The molecule has 2 aliphatic rings. The molecule has 0 spiro atoms. The summed E-state index contributed by atoms with van der Waals surface area (Å²) in [5.41, 5.74) is 0.843. The molecule has 0 aromatic heterocycles. The Bertz CT molecular complexity index is 1450. The quantitative estimate of drug-likeness (QED) is 0.210. The van der Waals surface area contributed by atoms with Gasteiger partial charge in [-0.3, -0.25) is 4.79 Å². The summed E-state index contributed by atoms with van der Waals surface area (Å²) < 4.78 is 52.0. The van der Waals surface area contributed by atoms with E-state index < -0.39 is 24.8 Å². The third kappa shape index (κ3) is 6.95. The van der Waals surface area contributed by atoms with E-state index in [1.54, 1.807) is 30.0 Å². The largest absolute Gasteiger partial charge is 0.377 e. The number of fused-ring (bicyclic) bond motifs is 2. The number of carbonyl (C=O) groups excluding carboxylic acids is 2. The summed E-state index contributed by atoms with van der Waals surface area (Å²) in [6, 6.07) is 10.4. The second kappa shape index (κ2) is 12.1. The number of thioether (sulfide) groups is 1. The predicted octanol–water partition coefficient (Wildman–Crippen LogP) is 2.84. The van der Waals surface area contributed by atoms with Crippen LogP contribution in [0.15, 0.2) is 41.3 Å². The second-order valence-electron chi connectivity index (χ2n) is 9.89. The number of unbranched alkanes of at least 4 members (excludes halogenated alkanes) is 1. The Labute approximate surface area is 238 Å². The van der Waals surface area contributed by atoms with Crippen molar-refractivity contribution in [2.45, 2.75) is 47.9 Å². The van der Waals surface area contributed by atoms with Crippen molar-refractivity contribution in [2.24, 2.45) is 0 Å². The smallest absolute Gasteiger partial charge is 0.315 e. The maximum atomic E-state index is 13.9. The first-order chi connectivity index (χ1) is 18.4. The number of anilines is 1. The van der Waals surface area contributed by atoms with Gasteiger partial charge < -0.3 is 15.5 Å². The lowest BCUT2D eigenvalue weighted by Gasteiger charge is -2.24. The zero-order valence-corrected chi connectivity index (χ0v) is 25.4. The molecule has 0 saturated carbocycles. The van der Waals surface area contributed by atoms with Crippen LogP contribution >= 0.6 is 22.6 Å². The van der Waals surface area contributed by atoms with Gasteiger partial charge in [0.05, 0.1) is 17.0 Å². The number of nitrogens with zero attached hydrogens (tertiary/aromatic N) is 2. The van der Waals surface area contributed by atoms with Crippen molar-refractivity contribution in [1.29, 1.82) is 0 Å². The number of carbonyl (C=O) groups is 2. The van der Waals surface area contributed by atoms with Gasteiger partial charge in [-0.15, -0.1) is 0 Å². The Morgan fingerprint density at radius 1 is 1.05 bits per heavy atom. The molecule has 2 aliphatic heterocycles. The van der Waals surface area contributed by atoms with Gasteiger partial charge in [-0.05, 0) is 35.8 Å². The maximum Gasteiger partial charge on any atom is 0.315 e. The number of rotatable bonds is 12. The average Bonchev–Trinajstić information content (AvgIpc) is 3.41. The van der Waals surface area contributed by atoms with E-state index >= 15 is 0 Å². The lowest BCUT2D eigenvalue weighted by molar-refractivity contribution is -0.126. The highest BCUT2D eigenvalue weighted by atomic mass is 33.1. The highest BCUT2D eigenvalue weighted by Crippen LogP contribution is 2.34. The molecule has 2 saturated heterocycles. The molecule has 2 N–H and O–H groups in total. The van der Waals surface area contributed by atoms with Gasteiger partial charge in [-0.2, -0.15) is 11.8 Å². The molecule has 14 heteroatoms. The summed E-state index contributed by atoms with van der Waals surface area (Å²) in [4.78, 5) is 26.9. The van der Waals surface area contributed by atoms with E-state index in [0.29, 0.717) is 29.0 Å². The highest BCUT2D eigenvalue weighted by molar-refractivity contribution is 8.71. The molecule has 2 fully saturated rings. The van der Waals surface area contributed by atoms with Gasteiger partial charge in [0.2, 0.25) is 5.91 Å². The van der Waals surface area contributed by atoms with E-state index in [1.807, 2.05) is 31.1 Å². The van der Waals surface area contributed by atoms with E-state index in [1.165, 1.54) is 6.07 Å². The topological polar surface area (TPSA) is 133 Å². The maximum absolute atomic E-state index is 13.9. The van der Waals surface area contributed by atoms with Crippen molar-refractivity contribution in [3.8, 4) is 0 Å². The lowest BCUT2D eigenvalue weighted by atomic mass is 10.0. The second-order valence-corrected chi connectivity index (χ2v) is 17.6. The normalized spacial score (nSPS) is 20.9. The van der Waals surface area contributed by atoms with Gasteiger partial charge in [0, 0.05) is 66.5 Å². The van der Waals surface area contributed by atoms with Crippen molar-refractivity contribution < 1.29 is 26.4 Å². The Balaban J connectivity index is 1.51. The van der Waals surface area contributed by atoms with Crippen molar-refractivity contribution in [3.05, 3.63) is 36.4 Å². The van der Waals surface area contributed by atoms with Crippen LogP contribution in [-0.4, -0.2) is 88.8 Å². The minimum absolute atomic E-state index is 0.0132. The summed E-state index contributed by atoms with van der Waals surface area (Å²) in [6.45, 7) is -0.247. The monoisotopic (exact) mass is 614 g/mol. The van der Waals surface area contributed by atoms with Crippen LogP contribution in [0.5, 0.6) is 0 Å². The van der Waals surface area contributed by atoms with Gasteiger partial charge >= 0.3 is 6.03 Å². The molecule has 214 valence electrons. The first kappa shape index (κ1) is 29.8. The van der Waals surface area contributed by atoms with E-state index in [0.717, 1.165) is 33.8 Å². The molecule has 2 aromatic carbocycles. The molecular formula is C25H34N4O6S4. The van der Waals surface area contributed by atoms with Gasteiger partial charge in [-0.25, -0.2) is 25.9 Å². The van der Waals surface area contributed by atoms with Crippen molar-refractivity contribution in [1.82, 2.24) is 14.9 Å². The van der Waals surface area contributed by atoms with Crippen LogP contribution in [0.3, 0.4) is 0 Å². The standard InChI is InChI=1S/C25H34N4O6S4/c1-28(2)20-10-6-9-18-17(20)8-7-12-22(18)39(34,35)29(14-15-37-38(3,32)33)23(30)13-5-4-11-21-24-19(16-36-21)26-25(31)27-24/h6-10,12,19,21,24H,4-5,11,13-16H2,1-3H3,(H2,26,27,31)/t19-,21-,24-/m0/s1. The van der Waals surface area contributed by atoms with Crippen molar-refractivity contribution >= 4 is 69.8 Å². The summed E-state index contributed by atoms with van der Waals surface area (Å²) in [5.74, 6) is 0.224. The molecule has 0 aliphatic carbocycles. The zero-order chi connectivity index (χ0) is 28.4. The molecule has 4 rings (SSSR count). The third-order valence-electron chi connectivity index (χ3n) is 6.85. The molecule has 0 unspecified atom stereocenters. The summed E-state index contributed by atoms with van der Waals surface area (Å²) >= 11 is 1.79. The van der Waals surface area contributed by atoms with Gasteiger partial charge in [0.1, 0.15) is 0 Å². The third-order valence-corrected chi connectivity index (χ3v) is 12.8. The predicted molar refractivity (Wildman–Crippen MR) is 158 cm³/mol. The number of hydrogen-bond donors (Lipinski definition) is 2. The SMILES string of the molecule is CN(C)c1cccc2c(S(=O)(=O)N(CCSS(C)(=O)=O)C(=O)CCCC[C@@H]3SC[C@@H]4NC(=O)N[C@@H]43)cccc12. The molecule has 3 atom stereocenters. The van der Waals surface area contributed by atoms with E-state index in [4.69, 9.17) is 0 Å².